The fraction of sp³-hybridized carbons (Fsp3) is 0.300. The molecule has 0 bridgehead atoms. The number of aromatic hydroxyl groups is 5. The predicted octanol–water partition coefficient (Wildman–Crippen LogP) is 3.65. The van der Waals surface area contributed by atoms with Crippen molar-refractivity contribution in [1.29, 1.82) is 0 Å². The van der Waals surface area contributed by atoms with Crippen LogP contribution in [-0.4, -0.2) is 43.7 Å². The van der Waals surface area contributed by atoms with Gasteiger partial charge in [0.15, 0.2) is 17.3 Å². The van der Waals surface area contributed by atoms with Crippen molar-refractivity contribution in [2.75, 3.05) is 6.61 Å². The molecule has 8 nitrogen and oxygen atoms in total. The highest BCUT2D eigenvalue weighted by Gasteiger charge is 2.37. The number of phenols is 5. The molecule has 1 unspecified atom stereocenters. The van der Waals surface area contributed by atoms with Gasteiger partial charge in [-0.3, -0.25) is 9.59 Å². The normalized spacial score (nSPS) is 15.7. The first-order valence-electron chi connectivity index (χ1n) is 8.77. The van der Waals surface area contributed by atoms with Crippen LogP contribution in [0, 0.1) is 12.8 Å². The summed E-state index contributed by atoms with van der Waals surface area (Å²) in [6.45, 7) is 4.34. The van der Waals surface area contributed by atoms with Crippen molar-refractivity contribution < 1.29 is 39.9 Å². The summed E-state index contributed by atoms with van der Waals surface area (Å²) < 4.78 is 5.56. The van der Waals surface area contributed by atoms with Gasteiger partial charge < -0.3 is 30.3 Å². The van der Waals surface area contributed by atoms with Crippen LogP contribution in [0.2, 0.25) is 5.02 Å². The third-order valence-electron chi connectivity index (χ3n) is 5.14. The van der Waals surface area contributed by atoms with Crippen molar-refractivity contribution in [2.24, 2.45) is 5.92 Å². The van der Waals surface area contributed by atoms with Crippen LogP contribution in [0.5, 0.6) is 34.5 Å². The topological polar surface area (TPSA) is 145 Å². The van der Waals surface area contributed by atoms with Gasteiger partial charge in [0.2, 0.25) is 0 Å². The van der Waals surface area contributed by atoms with Crippen LogP contribution in [0.15, 0.2) is 0 Å². The third kappa shape index (κ3) is 2.82. The number of benzene rings is 2. The number of fused-ring (bicyclic) bond motifs is 1. The maximum Gasteiger partial charge on any atom is 0.176 e. The molecule has 1 aliphatic heterocycles. The molecule has 1 heterocycles. The fourth-order valence-electron chi connectivity index (χ4n) is 3.49. The van der Waals surface area contributed by atoms with Gasteiger partial charge in [-0.2, -0.15) is 0 Å². The number of hydrogen-bond donors (Lipinski definition) is 5. The maximum atomic E-state index is 12.8. The van der Waals surface area contributed by atoms with Crippen LogP contribution in [0.4, 0.5) is 0 Å². The van der Waals surface area contributed by atoms with E-state index in [0.717, 1.165) is 6.92 Å². The Morgan fingerprint density at radius 2 is 1.59 bits per heavy atom. The number of rotatable bonds is 3. The van der Waals surface area contributed by atoms with Crippen LogP contribution in [-0.2, 0) is 0 Å². The molecule has 0 aromatic heterocycles. The van der Waals surface area contributed by atoms with Crippen molar-refractivity contribution in [3.05, 3.63) is 21.7 Å². The average Bonchev–Trinajstić information content (AvgIpc) is 2.66. The van der Waals surface area contributed by atoms with Gasteiger partial charge in [-0.05, 0) is 20.3 Å². The van der Waals surface area contributed by atoms with Gasteiger partial charge in [-0.25, -0.2) is 0 Å². The first-order valence-corrected chi connectivity index (χ1v) is 9.15. The van der Waals surface area contributed by atoms with E-state index in [1.807, 2.05) is 0 Å². The Morgan fingerprint density at radius 3 is 2.14 bits per heavy atom. The Bertz CT molecular complexity index is 1070. The van der Waals surface area contributed by atoms with E-state index in [9.17, 15) is 35.1 Å². The minimum Gasteiger partial charge on any atom is -0.507 e. The lowest BCUT2D eigenvalue weighted by Crippen LogP contribution is -2.28. The number of ketones is 2. The summed E-state index contributed by atoms with van der Waals surface area (Å²) in [7, 11) is 0. The van der Waals surface area contributed by atoms with Gasteiger partial charge in [-0.15, -0.1) is 0 Å². The maximum absolute atomic E-state index is 12.8. The van der Waals surface area contributed by atoms with Gasteiger partial charge in [0.05, 0.1) is 23.7 Å². The number of hydrogen-bond acceptors (Lipinski definition) is 8. The van der Waals surface area contributed by atoms with E-state index in [0.29, 0.717) is 6.42 Å². The van der Waals surface area contributed by atoms with Crippen molar-refractivity contribution in [1.82, 2.24) is 0 Å². The van der Waals surface area contributed by atoms with Crippen LogP contribution < -0.4 is 4.74 Å². The summed E-state index contributed by atoms with van der Waals surface area (Å²) in [5, 5.41) is 51.9. The van der Waals surface area contributed by atoms with E-state index in [1.54, 1.807) is 6.92 Å². The van der Waals surface area contributed by atoms with Crippen LogP contribution in [0.3, 0.4) is 0 Å². The van der Waals surface area contributed by atoms with Crippen molar-refractivity contribution >= 4 is 23.2 Å². The van der Waals surface area contributed by atoms with Gasteiger partial charge >= 0.3 is 0 Å². The van der Waals surface area contributed by atoms with Gasteiger partial charge in [0, 0.05) is 5.56 Å². The smallest absolute Gasteiger partial charge is 0.176 e. The first kappa shape index (κ1) is 20.6. The van der Waals surface area contributed by atoms with Crippen LogP contribution in [0.1, 0.15) is 46.5 Å². The summed E-state index contributed by atoms with van der Waals surface area (Å²) in [5.41, 5.74) is -1.82. The fourth-order valence-corrected chi connectivity index (χ4v) is 3.68. The predicted molar refractivity (Wildman–Crippen MR) is 104 cm³/mol. The molecule has 2 aromatic carbocycles. The van der Waals surface area contributed by atoms with Crippen molar-refractivity contribution in [3.63, 3.8) is 0 Å². The van der Waals surface area contributed by atoms with Crippen molar-refractivity contribution in [3.8, 4) is 45.6 Å². The monoisotopic (exact) mass is 422 g/mol. The lowest BCUT2D eigenvalue weighted by atomic mass is 9.86. The number of Topliss-reactive ketones (excluding diaryl/α,β-unsaturated/α-hetero) is 2. The highest BCUT2D eigenvalue weighted by atomic mass is 35.5. The molecule has 0 amide bonds. The average molecular weight is 423 g/mol. The second kappa shape index (κ2) is 7.04. The second-order valence-electron chi connectivity index (χ2n) is 6.85. The molecular weight excluding hydrogens is 404 g/mol. The summed E-state index contributed by atoms with van der Waals surface area (Å²) in [6.07, 6.45) is 0.447. The molecule has 0 saturated heterocycles. The van der Waals surface area contributed by atoms with Crippen molar-refractivity contribution in [2.45, 2.75) is 27.2 Å². The molecule has 29 heavy (non-hydrogen) atoms. The minimum atomic E-state index is -0.905. The Kier molecular flexibility index (Phi) is 5.00. The molecule has 9 heteroatoms. The van der Waals surface area contributed by atoms with E-state index in [1.165, 1.54) is 6.92 Å². The molecule has 5 N–H and O–H groups in total. The second-order valence-corrected chi connectivity index (χ2v) is 7.23. The first-order chi connectivity index (χ1) is 13.5. The Balaban J connectivity index is 2.47. The number of halogens is 1. The third-order valence-corrected chi connectivity index (χ3v) is 5.50. The zero-order chi connectivity index (χ0) is 21.8. The van der Waals surface area contributed by atoms with E-state index in [-0.39, 0.29) is 23.5 Å². The molecule has 3 rings (SSSR count). The van der Waals surface area contributed by atoms with Gasteiger partial charge in [0.25, 0.3) is 0 Å². The standard InChI is InChI=1S/C20H19ClO8/c1-4-8-5-29-20-6(2)14(23)10(17(26)12(20)15(8)24)11-16(25)9(7(3)22)18(27)13(21)19(11)28/h8,23,25-28H,4-5H2,1-3H3. The summed E-state index contributed by atoms with van der Waals surface area (Å²) in [6, 6.07) is 0. The Morgan fingerprint density at radius 1 is 1.00 bits per heavy atom. The van der Waals surface area contributed by atoms with Crippen LogP contribution in [0.25, 0.3) is 11.1 Å². The highest BCUT2D eigenvalue weighted by molar-refractivity contribution is 6.35. The molecule has 1 atom stereocenters. The molecule has 0 fully saturated rings. The number of ether oxygens (including phenoxy) is 1. The molecule has 154 valence electrons. The largest absolute Gasteiger partial charge is 0.507 e. The molecule has 1 aliphatic rings. The van der Waals surface area contributed by atoms with E-state index in [4.69, 9.17) is 16.3 Å². The Labute approximate surface area is 170 Å². The van der Waals surface area contributed by atoms with Gasteiger partial charge in [0.1, 0.15) is 44.9 Å². The highest BCUT2D eigenvalue weighted by Crippen LogP contribution is 2.57. The zero-order valence-corrected chi connectivity index (χ0v) is 16.6. The van der Waals surface area contributed by atoms with Crippen LogP contribution >= 0.6 is 11.6 Å². The zero-order valence-electron chi connectivity index (χ0n) is 15.8. The molecule has 0 saturated carbocycles. The molecule has 2 aromatic rings. The molecule has 0 aliphatic carbocycles. The number of phenolic OH excluding ortho intramolecular Hbond substituents is 5. The summed E-state index contributed by atoms with van der Waals surface area (Å²) >= 11 is 5.90. The molecule has 0 radical (unpaired) electrons. The number of carbonyl (C=O) groups excluding carboxylic acids is 2. The SMILES string of the molecule is CCC1COc2c(C)c(O)c(-c3c(O)c(Cl)c(O)c(C(C)=O)c3O)c(O)c2C1=O. The Hall–Kier alpha value is -3.13. The van der Waals surface area contributed by atoms with E-state index >= 15 is 0 Å². The van der Waals surface area contributed by atoms with Gasteiger partial charge in [-0.1, -0.05) is 18.5 Å². The molecule has 0 spiro atoms. The lowest BCUT2D eigenvalue weighted by Gasteiger charge is -2.27. The summed E-state index contributed by atoms with van der Waals surface area (Å²) in [5.74, 6) is -5.70. The summed E-state index contributed by atoms with van der Waals surface area (Å²) in [4.78, 5) is 24.7. The lowest BCUT2D eigenvalue weighted by molar-refractivity contribution is 0.0820. The quantitative estimate of drug-likeness (QED) is 0.471. The van der Waals surface area contributed by atoms with E-state index in [2.05, 4.69) is 0 Å². The minimum absolute atomic E-state index is 0.00547. The molecular formula is C20H19ClO8. The number of carbonyl (C=O) groups is 2. The van der Waals surface area contributed by atoms with E-state index < -0.39 is 67.9 Å².